The van der Waals surface area contributed by atoms with E-state index in [9.17, 15) is 4.79 Å². The summed E-state index contributed by atoms with van der Waals surface area (Å²) in [4.78, 5) is 20.9. The highest BCUT2D eigenvalue weighted by atomic mass is 16.1. The number of aromatic nitrogens is 2. The van der Waals surface area contributed by atoms with E-state index in [1.165, 1.54) is 6.42 Å². The van der Waals surface area contributed by atoms with Crippen molar-refractivity contribution in [3.8, 4) is 0 Å². The number of aryl methyl sites for hydroxylation is 1. The van der Waals surface area contributed by atoms with Gasteiger partial charge in [0, 0.05) is 25.6 Å². The first kappa shape index (κ1) is 12.1. The third kappa shape index (κ3) is 2.85. The van der Waals surface area contributed by atoms with E-state index in [0.29, 0.717) is 12.5 Å². The Bertz CT molecular complexity index is 429. The number of hydrogen-bond donors (Lipinski definition) is 2. The quantitative estimate of drug-likeness (QED) is 0.801. The largest absolute Gasteiger partial charge is 0.356 e. The Labute approximate surface area is 101 Å². The van der Waals surface area contributed by atoms with Gasteiger partial charge in [0.1, 0.15) is 11.6 Å². The molecule has 17 heavy (non-hydrogen) atoms. The molecule has 5 heteroatoms. The van der Waals surface area contributed by atoms with Crippen molar-refractivity contribution < 1.29 is 0 Å². The van der Waals surface area contributed by atoms with Crippen molar-refractivity contribution in [2.24, 2.45) is 11.7 Å². The highest BCUT2D eigenvalue weighted by Crippen LogP contribution is 2.19. The molecular formula is C12H20N4O. The van der Waals surface area contributed by atoms with Crippen LogP contribution in [-0.4, -0.2) is 29.6 Å². The first-order valence-electron chi connectivity index (χ1n) is 6.28. The van der Waals surface area contributed by atoms with Crippen LogP contribution in [0.5, 0.6) is 0 Å². The van der Waals surface area contributed by atoms with Crippen LogP contribution in [0.4, 0.5) is 5.82 Å². The molecule has 1 unspecified atom stereocenters. The van der Waals surface area contributed by atoms with Crippen LogP contribution in [0.25, 0.3) is 0 Å². The van der Waals surface area contributed by atoms with Gasteiger partial charge in [-0.3, -0.25) is 4.79 Å². The predicted octanol–water partition coefficient (Wildman–Crippen LogP) is 0.507. The number of nitrogens with one attached hydrogen (secondary N) is 1. The third-order valence-electron chi connectivity index (χ3n) is 3.29. The molecular weight excluding hydrogens is 216 g/mol. The minimum absolute atomic E-state index is 0.0679. The van der Waals surface area contributed by atoms with Gasteiger partial charge in [-0.15, -0.1) is 0 Å². The molecule has 1 atom stereocenters. The zero-order valence-electron chi connectivity index (χ0n) is 10.3. The van der Waals surface area contributed by atoms with Crippen LogP contribution in [0.3, 0.4) is 0 Å². The minimum Gasteiger partial charge on any atom is -0.356 e. The normalized spacial score (nSPS) is 20.6. The monoisotopic (exact) mass is 236 g/mol. The topological polar surface area (TPSA) is 75.0 Å². The standard InChI is InChI=1S/C12H20N4O/c1-2-10-14-11(6-12(17)15-10)16-5-3-4-9(7-13)8-16/h6,9H,2-5,7-8,13H2,1H3,(H,14,15,17). The van der Waals surface area contributed by atoms with Gasteiger partial charge in [0.25, 0.3) is 5.56 Å². The number of nitrogens with zero attached hydrogens (tertiary/aromatic N) is 2. The maximum absolute atomic E-state index is 11.5. The van der Waals surface area contributed by atoms with Gasteiger partial charge >= 0.3 is 0 Å². The van der Waals surface area contributed by atoms with Crippen LogP contribution < -0.4 is 16.2 Å². The van der Waals surface area contributed by atoms with Crippen molar-refractivity contribution in [1.29, 1.82) is 0 Å². The first-order valence-corrected chi connectivity index (χ1v) is 6.28. The number of rotatable bonds is 3. The van der Waals surface area contributed by atoms with E-state index in [-0.39, 0.29) is 5.56 Å². The van der Waals surface area contributed by atoms with Gasteiger partial charge in [-0.25, -0.2) is 4.98 Å². The fourth-order valence-corrected chi connectivity index (χ4v) is 2.29. The van der Waals surface area contributed by atoms with Crippen molar-refractivity contribution >= 4 is 5.82 Å². The predicted molar refractivity (Wildman–Crippen MR) is 68.2 cm³/mol. The molecule has 0 aromatic carbocycles. The molecule has 0 aliphatic carbocycles. The molecule has 2 heterocycles. The van der Waals surface area contributed by atoms with Gasteiger partial charge in [0.2, 0.25) is 0 Å². The maximum atomic E-state index is 11.5. The van der Waals surface area contributed by atoms with E-state index in [2.05, 4.69) is 14.9 Å². The van der Waals surface area contributed by atoms with E-state index in [4.69, 9.17) is 5.73 Å². The number of piperidine rings is 1. The van der Waals surface area contributed by atoms with E-state index in [0.717, 1.165) is 37.6 Å². The van der Waals surface area contributed by atoms with Crippen molar-refractivity contribution in [3.63, 3.8) is 0 Å². The molecule has 1 aliphatic rings. The lowest BCUT2D eigenvalue weighted by Crippen LogP contribution is -2.39. The van der Waals surface area contributed by atoms with Crippen molar-refractivity contribution in [2.75, 3.05) is 24.5 Å². The van der Waals surface area contributed by atoms with Crippen LogP contribution in [0, 0.1) is 5.92 Å². The minimum atomic E-state index is -0.0679. The van der Waals surface area contributed by atoms with Gasteiger partial charge < -0.3 is 15.6 Å². The molecule has 1 aliphatic heterocycles. The fourth-order valence-electron chi connectivity index (χ4n) is 2.29. The summed E-state index contributed by atoms with van der Waals surface area (Å²) in [6, 6.07) is 1.58. The Balaban J connectivity index is 2.21. The van der Waals surface area contributed by atoms with Crippen LogP contribution in [0.2, 0.25) is 0 Å². The molecule has 2 rings (SSSR count). The van der Waals surface area contributed by atoms with Gasteiger partial charge in [-0.05, 0) is 25.3 Å². The van der Waals surface area contributed by atoms with Gasteiger partial charge in [0.05, 0.1) is 0 Å². The molecule has 1 aromatic heterocycles. The molecule has 0 saturated carbocycles. The molecule has 0 amide bonds. The second-order valence-corrected chi connectivity index (χ2v) is 4.59. The first-order chi connectivity index (χ1) is 8.22. The molecule has 1 fully saturated rings. The number of nitrogens with two attached hydrogens (primary N) is 1. The number of H-pyrrole nitrogens is 1. The lowest BCUT2D eigenvalue weighted by atomic mass is 9.98. The highest BCUT2D eigenvalue weighted by Gasteiger charge is 2.20. The number of anilines is 1. The van der Waals surface area contributed by atoms with Crippen LogP contribution in [0.1, 0.15) is 25.6 Å². The lowest BCUT2D eigenvalue weighted by Gasteiger charge is -2.32. The summed E-state index contributed by atoms with van der Waals surface area (Å²) in [7, 11) is 0. The summed E-state index contributed by atoms with van der Waals surface area (Å²) in [6.07, 6.45) is 3.05. The zero-order chi connectivity index (χ0) is 12.3. The average molecular weight is 236 g/mol. The Hall–Kier alpha value is -1.36. The Morgan fingerprint density at radius 2 is 2.47 bits per heavy atom. The van der Waals surface area contributed by atoms with E-state index in [1.54, 1.807) is 6.07 Å². The van der Waals surface area contributed by atoms with Gasteiger partial charge in [-0.1, -0.05) is 6.92 Å². The van der Waals surface area contributed by atoms with Gasteiger partial charge in [0.15, 0.2) is 0 Å². The molecule has 0 spiro atoms. The van der Waals surface area contributed by atoms with E-state index < -0.39 is 0 Å². The van der Waals surface area contributed by atoms with Crippen molar-refractivity contribution in [1.82, 2.24) is 9.97 Å². The summed E-state index contributed by atoms with van der Waals surface area (Å²) < 4.78 is 0. The SMILES string of the molecule is CCc1nc(N2CCCC(CN)C2)cc(=O)[nH]1. The maximum Gasteiger partial charge on any atom is 0.252 e. The fraction of sp³-hybridized carbons (Fsp3) is 0.667. The molecule has 0 bridgehead atoms. The molecule has 94 valence electrons. The van der Waals surface area contributed by atoms with Crippen LogP contribution in [0.15, 0.2) is 10.9 Å². The van der Waals surface area contributed by atoms with Crippen molar-refractivity contribution in [2.45, 2.75) is 26.2 Å². The summed E-state index contributed by atoms with van der Waals surface area (Å²) in [5.74, 6) is 2.07. The molecule has 5 nitrogen and oxygen atoms in total. The summed E-state index contributed by atoms with van der Waals surface area (Å²) >= 11 is 0. The number of aromatic amines is 1. The second-order valence-electron chi connectivity index (χ2n) is 4.59. The third-order valence-corrected chi connectivity index (χ3v) is 3.29. The summed E-state index contributed by atoms with van der Waals surface area (Å²) in [6.45, 7) is 4.58. The van der Waals surface area contributed by atoms with Crippen LogP contribution >= 0.6 is 0 Å². The molecule has 0 radical (unpaired) electrons. The summed E-state index contributed by atoms with van der Waals surface area (Å²) in [5.41, 5.74) is 5.65. The molecule has 3 N–H and O–H groups in total. The number of hydrogen-bond acceptors (Lipinski definition) is 4. The lowest BCUT2D eigenvalue weighted by molar-refractivity contribution is 0.421. The van der Waals surface area contributed by atoms with Gasteiger partial charge in [-0.2, -0.15) is 0 Å². The Kier molecular flexibility index (Phi) is 3.78. The smallest absolute Gasteiger partial charge is 0.252 e. The van der Waals surface area contributed by atoms with Crippen LogP contribution in [-0.2, 0) is 6.42 Å². The van der Waals surface area contributed by atoms with E-state index >= 15 is 0 Å². The molecule has 1 saturated heterocycles. The highest BCUT2D eigenvalue weighted by molar-refractivity contribution is 5.38. The van der Waals surface area contributed by atoms with Crippen molar-refractivity contribution in [3.05, 3.63) is 22.2 Å². The summed E-state index contributed by atoms with van der Waals surface area (Å²) in [5, 5.41) is 0. The molecule has 1 aromatic rings. The zero-order valence-corrected chi connectivity index (χ0v) is 10.3. The van der Waals surface area contributed by atoms with E-state index in [1.807, 2.05) is 6.92 Å². The Morgan fingerprint density at radius 1 is 1.65 bits per heavy atom. The average Bonchev–Trinajstić information content (AvgIpc) is 2.38. The Morgan fingerprint density at radius 3 is 3.18 bits per heavy atom. The second kappa shape index (κ2) is 5.31.